The number of nitrogens with zero attached hydrogens (tertiary/aromatic N) is 1. The van der Waals surface area contributed by atoms with Crippen LogP contribution in [0.1, 0.15) is 30.1 Å². The third kappa shape index (κ3) is 4.48. The normalized spacial score (nSPS) is 15.4. The van der Waals surface area contributed by atoms with Crippen LogP contribution in [0, 0.1) is 5.82 Å². The van der Waals surface area contributed by atoms with E-state index in [1.165, 1.54) is 6.07 Å². The molecule has 2 rings (SSSR count). The molecule has 126 valence electrons. The summed E-state index contributed by atoms with van der Waals surface area (Å²) >= 11 is 11.5. The standard InChI is InChI=1S/C15H17Cl2FN2O3/c1-2-23-15(22)20-5-3-9(4-6-20)19-14(21)10-7-13(18)12(17)8-11(10)16/h7-9H,2-6H2,1H3,(H,19,21). The van der Waals surface area contributed by atoms with Gasteiger partial charge in [0.05, 0.1) is 22.2 Å². The van der Waals surface area contributed by atoms with Gasteiger partial charge in [-0.2, -0.15) is 0 Å². The average Bonchev–Trinajstić information content (AvgIpc) is 2.51. The Labute approximate surface area is 143 Å². The lowest BCUT2D eigenvalue weighted by molar-refractivity contribution is 0.0860. The first-order chi connectivity index (χ1) is 10.9. The molecule has 2 amide bonds. The number of nitrogens with one attached hydrogen (secondary N) is 1. The summed E-state index contributed by atoms with van der Waals surface area (Å²) in [6, 6.07) is 2.12. The minimum Gasteiger partial charge on any atom is -0.450 e. The Morgan fingerprint density at radius 2 is 1.96 bits per heavy atom. The Morgan fingerprint density at radius 3 is 2.57 bits per heavy atom. The fourth-order valence-electron chi connectivity index (χ4n) is 2.38. The van der Waals surface area contributed by atoms with Crippen molar-refractivity contribution in [2.45, 2.75) is 25.8 Å². The lowest BCUT2D eigenvalue weighted by Crippen LogP contribution is -2.46. The molecule has 0 aromatic heterocycles. The van der Waals surface area contributed by atoms with E-state index < -0.39 is 11.7 Å². The van der Waals surface area contributed by atoms with E-state index in [0.29, 0.717) is 32.5 Å². The number of amides is 2. The zero-order valence-corrected chi connectivity index (χ0v) is 14.1. The van der Waals surface area contributed by atoms with E-state index in [4.69, 9.17) is 27.9 Å². The highest BCUT2D eigenvalue weighted by Gasteiger charge is 2.25. The minimum absolute atomic E-state index is 0.0430. The number of rotatable bonds is 3. The number of ether oxygens (including phenoxy) is 1. The number of hydrogen-bond donors (Lipinski definition) is 1. The predicted octanol–water partition coefficient (Wildman–Crippen LogP) is 3.48. The van der Waals surface area contributed by atoms with Crippen molar-refractivity contribution in [3.05, 3.63) is 33.6 Å². The van der Waals surface area contributed by atoms with Crippen molar-refractivity contribution in [1.29, 1.82) is 0 Å². The second-order valence-corrected chi connectivity index (χ2v) is 5.99. The molecule has 1 N–H and O–H groups in total. The molecule has 0 unspecified atom stereocenters. The maximum Gasteiger partial charge on any atom is 0.409 e. The summed E-state index contributed by atoms with van der Waals surface area (Å²) < 4.78 is 18.4. The Balaban J connectivity index is 1.93. The molecule has 8 heteroatoms. The van der Waals surface area contributed by atoms with Crippen molar-refractivity contribution in [3.63, 3.8) is 0 Å². The monoisotopic (exact) mass is 362 g/mol. The molecule has 0 aliphatic carbocycles. The predicted molar refractivity (Wildman–Crippen MR) is 85.5 cm³/mol. The lowest BCUT2D eigenvalue weighted by atomic mass is 10.0. The first-order valence-corrected chi connectivity index (χ1v) is 8.05. The van der Waals surface area contributed by atoms with E-state index in [9.17, 15) is 14.0 Å². The Hall–Kier alpha value is -1.53. The zero-order chi connectivity index (χ0) is 17.0. The van der Waals surface area contributed by atoms with E-state index in [-0.39, 0.29) is 27.7 Å². The van der Waals surface area contributed by atoms with E-state index in [0.717, 1.165) is 6.07 Å². The van der Waals surface area contributed by atoms with Crippen LogP contribution in [0.5, 0.6) is 0 Å². The molecular weight excluding hydrogens is 346 g/mol. The number of hydrogen-bond acceptors (Lipinski definition) is 3. The zero-order valence-electron chi connectivity index (χ0n) is 12.6. The molecule has 1 heterocycles. The van der Waals surface area contributed by atoms with E-state index in [2.05, 4.69) is 5.32 Å². The molecule has 1 aromatic rings. The molecule has 1 fully saturated rings. The third-order valence-corrected chi connectivity index (χ3v) is 4.21. The van der Waals surface area contributed by atoms with Crippen LogP contribution in [-0.4, -0.2) is 42.6 Å². The molecule has 0 spiro atoms. The van der Waals surface area contributed by atoms with Crippen LogP contribution in [0.25, 0.3) is 0 Å². The van der Waals surface area contributed by atoms with Gasteiger partial charge in [-0.1, -0.05) is 23.2 Å². The lowest BCUT2D eigenvalue weighted by Gasteiger charge is -2.31. The summed E-state index contributed by atoms with van der Waals surface area (Å²) in [6.07, 6.45) is 0.844. The summed E-state index contributed by atoms with van der Waals surface area (Å²) in [5.41, 5.74) is 0.0430. The third-order valence-electron chi connectivity index (χ3n) is 3.61. The molecule has 0 bridgehead atoms. The summed E-state index contributed by atoms with van der Waals surface area (Å²) in [7, 11) is 0. The number of carbonyl (C=O) groups excluding carboxylic acids is 2. The van der Waals surface area contributed by atoms with Gasteiger partial charge in [0.15, 0.2) is 0 Å². The highest BCUT2D eigenvalue weighted by Crippen LogP contribution is 2.24. The summed E-state index contributed by atoms with van der Waals surface area (Å²) in [6.45, 7) is 3.06. The van der Waals surface area contributed by atoms with Gasteiger partial charge in [-0.05, 0) is 31.9 Å². The summed E-state index contributed by atoms with van der Waals surface area (Å²) in [5.74, 6) is -1.15. The molecule has 0 radical (unpaired) electrons. The van der Waals surface area contributed by atoms with Crippen molar-refractivity contribution in [3.8, 4) is 0 Å². The number of halogens is 3. The smallest absolute Gasteiger partial charge is 0.409 e. The van der Waals surface area contributed by atoms with Gasteiger partial charge in [-0.15, -0.1) is 0 Å². The minimum atomic E-state index is -0.696. The molecule has 1 aromatic carbocycles. The van der Waals surface area contributed by atoms with E-state index in [1.54, 1.807) is 11.8 Å². The SMILES string of the molecule is CCOC(=O)N1CCC(NC(=O)c2cc(F)c(Cl)cc2Cl)CC1. The van der Waals surface area contributed by atoms with Crippen molar-refractivity contribution < 1.29 is 18.7 Å². The molecule has 5 nitrogen and oxygen atoms in total. The number of likely N-dealkylation sites (tertiary alicyclic amines) is 1. The fourth-order valence-corrected chi connectivity index (χ4v) is 2.85. The molecule has 1 aliphatic rings. The van der Waals surface area contributed by atoms with E-state index in [1.807, 2.05) is 0 Å². The molecule has 1 saturated heterocycles. The van der Waals surface area contributed by atoms with E-state index >= 15 is 0 Å². The van der Waals surface area contributed by atoms with Crippen LogP contribution in [0.15, 0.2) is 12.1 Å². The summed E-state index contributed by atoms with van der Waals surface area (Å²) in [5, 5.41) is 2.77. The van der Waals surface area contributed by atoms with Crippen LogP contribution >= 0.6 is 23.2 Å². The van der Waals surface area contributed by atoms with Gasteiger partial charge < -0.3 is 15.0 Å². The number of piperidine rings is 1. The fraction of sp³-hybridized carbons (Fsp3) is 0.467. The van der Waals surface area contributed by atoms with Crippen molar-refractivity contribution in [2.75, 3.05) is 19.7 Å². The number of carbonyl (C=O) groups is 2. The van der Waals surface area contributed by atoms with Gasteiger partial charge in [0, 0.05) is 19.1 Å². The van der Waals surface area contributed by atoms with Crippen LogP contribution < -0.4 is 5.32 Å². The van der Waals surface area contributed by atoms with Crippen LogP contribution in [0.2, 0.25) is 10.0 Å². The van der Waals surface area contributed by atoms with Crippen molar-refractivity contribution in [1.82, 2.24) is 10.2 Å². The van der Waals surface area contributed by atoms with Crippen LogP contribution in [0.4, 0.5) is 9.18 Å². The summed E-state index contributed by atoms with van der Waals surface area (Å²) in [4.78, 5) is 25.4. The Bertz CT molecular complexity index is 605. The molecular formula is C15H17Cl2FN2O3. The molecule has 0 atom stereocenters. The second kappa shape index (κ2) is 7.84. The molecule has 1 aliphatic heterocycles. The van der Waals surface area contributed by atoms with Gasteiger partial charge in [0.25, 0.3) is 5.91 Å². The van der Waals surface area contributed by atoms with Gasteiger partial charge >= 0.3 is 6.09 Å². The molecule has 23 heavy (non-hydrogen) atoms. The topological polar surface area (TPSA) is 58.6 Å². The average molecular weight is 363 g/mol. The van der Waals surface area contributed by atoms with Gasteiger partial charge in [0.2, 0.25) is 0 Å². The maximum atomic E-state index is 13.5. The first kappa shape index (κ1) is 17.8. The maximum absolute atomic E-state index is 13.5. The van der Waals surface area contributed by atoms with Gasteiger partial charge in [-0.25, -0.2) is 9.18 Å². The quantitative estimate of drug-likeness (QED) is 0.837. The highest BCUT2D eigenvalue weighted by atomic mass is 35.5. The van der Waals surface area contributed by atoms with Crippen molar-refractivity contribution in [2.24, 2.45) is 0 Å². The van der Waals surface area contributed by atoms with Crippen molar-refractivity contribution >= 4 is 35.2 Å². The molecule has 0 saturated carbocycles. The van der Waals surface area contributed by atoms with Crippen LogP contribution in [0.3, 0.4) is 0 Å². The largest absolute Gasteiger partial charge is 0.450 e. The first-order valence-electron chi connectivity index (χ1n) is 7.29. The van der Waals surface area contributed by atoms with Gasteiger partial charge in [0.1, 0.15) is 5.82 Å². The van der Waals surface area contributed by atoms with Gasteiger partial charge in [-0.3, -0.25) is 4.79 Å². The highest BCUT2D eigenvalue weighted by molar-refractivity contribution is 6.36. The Morgan fingerprint density at radius 1 is 1.30 bits per heavy atom. The second-order valence-electron chi connectivity index (χ2n) is 5.18. The number of benzene rings is 1. The van der Waals surface area contributed by atoms with Crippen LogP contribution in [-0.2, 0) is 4.74 Å². The Kier molecular flexibility index (Phi) is 6.07.